The normalized spacial score (nSPS) is 21.9. The minimum Gasteiger partial charge on any atom is -0.395 e. The molecule has 0 radical (unpaired) electrons. The van der Waals surface area contributed by atoms with Crippen LogP contribution in [0.5, 0.6) is 0 Å². The molecule has 1 aliphatic heterocycles. The van der Waals surface area contributed by atoms with Gasteiger partial charge in [-0.15, -0.1) is 0 Å². The number of anilines is 1. The Morgan fingerprint density at radius 1 is 1.15 bits per heavy atom. The summed E-state index contributed by atoms with van der Waals surface area (Å²) >= 11 is 0. The van der Waals surface area contributed by atoms with Gasteiger partial charge in [-0.2, -0.15) is 5.10 Å². The molecular weight excluding hydrogens is 340 g/mol. The van der Waals surface area contributed by atoms with Gasteiger partial charge in [-0.3, -0.25) is 9.58 Å². The van der Waals surface area contributed by atoms with Crippen molar-refractivity contribution in [3.63, 3.8) is 0 Å². The summed E-state index contributed by atoms with van der Waals surface area (Å²) in [6.45, 7) is 3.28. The summed E-state index contributed by atoms with van der Waals surface area (Å²) in [5, 5.41) is 18.5. The number of aliphatic hydroxyl groups excluding tert-OH is 1. The molecule has 1 saturated heterocycles. The van der Waals surface area contributed by atoms with E-state index in [4.69, 9.17) is 9.97 Å². The van der Waals surface area contributed by atoms with E-state index < -0.39 is 0 Å². The summed E-state index contributed by atoms with van der Waals surface area (Å²) in [5.41, 5.74) is 0.922. The standard InChI is InChI=1S/C20H32N6O/c1-25-20-17(13-22-25)19(23-18(24-20)15-7-2-3-8-15)21-10-6-12-26-11-5-4-9-16(26)14-27/h13,15-16,27H,2-12,14H2,1H3,(H,21,23,24)/t16-/m1/s1. The van der Waals surface area contributed by atoms with Crippen molar-refractivity contribution < 1.29 is 5.11 Å². The maximum Gasteiger partial charge on any atom is 0.163 e. The Morgan fingerprint density at radius 3 is 2.78 bits per heavy atom. The third kappa shape index (κ3) is 4.09. The number of fused-ring (bicyclic) bond motifs is 1. The molecule has 7 nitrogen and oxygen atoms in total. The third-order valence-corrected chi connectivity index (χ3v) is 6.20. The van der Waals surface area contributed by atoms with E-state index in [0.717, 1.165) is 55.2 Å². The highest BCUT2D eigenvalue weighted by molar-refractivity contribution is 5.86. The summed E-state index contributed by atoms with van der Waals surface area (Å²) in [5.74, 6) is 2.39. The third-order valence-electron chi connectivity index (χ3n) is 6.20. The fourth-order valence-corrected chi connectivity index (χ4v) is 4.59. The maximum atomic E-state index is 9.57. The van der Waals surface area contributed by atoms with E-state index in [1.807, 2.05) is 17.9 Å². The van der Waals surface area contributed by atoms with Crippen molar-refractivity contribution in [2.24, 2.45) is 7.05 Å². The predicted molar refractivity (Wildman–Crippen MR) is 107 cm³/mol. The molecule has 1 atom stereocenters. The Kier molecular flexibility index (Phi) is 5.88. The SMILES string of the molecule is Cn1ncc2c(NCCCN3CCCC[C@@H]3CO)nc(C3CCCC3)nc21. The smallest absolute Gasteiger partial charge is 0.163 e. The number of nitrogens with one attached hydrogen (secondary N) is 1. The number of hydrogen-bond acceptors (Lipinski definition) is 6. The van der Waals surface area contributed by atoms with Crippen LogP contribution in [0.4, 0.5) is 5.82 Å². The van der Waals surface area contributed by atoms with Crippen LogP contribution in [-0.4, -0.2) is 62.0 Å². The summed E-state index contributed by atoms with van der Waals surface area (Å²) in [4.78, 5) is 12.1. The first-order valence-corrected chi connectivity index (χ1v) is 10.5. The predicted octanol–water partition coefficient (Wildman–Crippen LogP) is 2.67. The van der Waals surface area contributed by atoms with Crippen molar-refractivity contribution in [3.05, 3.63) is 12.0 Å². The molecule has 2 aliphatic rings. The van der Waals surface area contributed by atoms with E-state index in [1.54, 1.807) is 0 Å². The molecule has 27 heavy (non-hydrogen) atoms. The summed E-state index contributed by atoms with van der Waals surface area (Å²) in [7, 11) is 1.95. The lowest BCUT2D eigenvalue weighted by atomic mass is 10.0. The van der Waals surface area contributed by atoms with Crippen LogP contribution in [0.3, 0.4) is 0 Å². The van der Waals surface area contributed by atoms with Crippen LogP contribution in [0.2, 0.25) is 0 Å². The molecule has 0 aromatic carbocycles. The van der Waals surface area contributed by atoms with E-state index in [0.29, 0.717) is 12.0 Å². The monoisotopic (exact) mass is 372 g/mol. The van der Waals surface area contributed by atoms with Gasteiger partial charge in [-0.05, 0) is 38.6 Å². The van der Waals surface area contributed by atoms with E-state index in [-0.39, 0.29) is 6.61 Å². The van der Waals surface area contributed by atoms with E-state index in [2.05, 4.69) is 15.3 Å². The Hall–Kier alpha value is -1.73. The van der Waals surface area contributed by atoms with Crippen LogP contribution in [0.15, 0.2) is 6.20 Å². The zero-order valence-electron chi connectivity index (χ0n) is 16.4. The van der Waals surface area contributed by atoms with Crippen molar-refractivity contribution in [1.82, 2.24) is 24.6 Å². The van der Waals surface area contributed by atoms with Crippen LogP contribution in [-0.2, 0) is 7.05 Å². The second-order valence-corrected chi connectivity index (χ2v) is 8.07. The molecule has 1 aliphatic carbocycles. The summed E-state index contributed by atoms with van der Waals surface area (Å²) < 4.78 is 1.85. The number of rotatable bonds is 7. The number of likely N-dealkylation sites (tertiary alicyclic amines) is 1. The number of piperidine rings is 1. The molecule has 0 unspecified atom stereocenters. The second kappa shape index (κ2) is 8.52. The highest BCUT2D eigenvalue weighted by atomic mass is 16.3. The lowest BCUT2D eigenvalue weighted by Gasteiger charge is -2.34. The average molecular weight is 373 g/mol. The van der Waals surface area contributed by atoms with Gasteiger partial charge in [0.05, 0.1) is 18.2 Å². The van der Waals surface area contributed by atoms with Crippen molar-refractivity contribution in [3.8, 4) is 0 Å². The van der Waals surface area contributed by atoms with E-state index in [1.165, 1.54) is 38.5 Å². The first-order valence-electron chi connectivity index (χ1n) is 10.5. The topological polar surface area (TPSA) is 79.1 Å². The number of aryl methyl sites for hydroxylation is 1. The summed E-state index contributed by atoms with van der Waals surface area (Å²) in [6.07, 6.45) is 11.5. The molecule has 2 aromatic heterocycles. The van der Waals surface area contributed by atoms with Crippen LogP contribution in [0.25, 0.3) is 11.0 Å². The lowest BCUT2D eigenvalue weighted by molar-refractivity contribution is 0.0901. The van der Waals surface area contributed by atoms with Gasteiger partial charge in [0.1, 0.15) is 11.6 Å². The molecule has 0 amide bonds. The molecule has 0 bridgehead atoms. The molecule has 2 aromatic rings. The molecule has 2 fully saturated rings. The van der Waals surface area contributed by atoms with Gasteiger partial charge in [0.25, 0.3) is 0 Å². The molecule has 2 N–H and O–H groups in total. The fraction of sp³-hybridized carbons (Fsp3) is 0.750. The number of aromatic nitrogens is 4. The van der Waals surface area contributed by atoms with E-state index in [9.17, 15) is 5.11 Å². The first-order chi connectivity index (χ1) is 13.3. The van der Waals surface area contributed by atoms with Gasteiger partial charge < -0.3 is 10.4 Å². The minimum atomic E-state index is 0.278. The molecule has 1 saturated carbocycles. The van der Waals surface area contributed by atoms with Crippen molar-refractivity contribution in [1.29, 1.82) is 0 Å². The van der Waals surface area contributed by atoms with Crippen molar-refractivity contribution >= 4 is 16.9 Å². The second-order valence-electron chi connectivity index (χ2n) is 8.07. The molecule has 7 heteroatoms. The fourth-order valence-electron chi connectivity index (χ4n) is 4.59. The minimum absolute atomic E-state index is 0.278. The zero-order chi connectivity index (χ0) is 18.6. The Bertz CT molecular complexity index is 754. The number of nitrogens with zero attached hydrogens (tertiary/aromatic N) is 5. The quantitative estimate of drug-likeness (QED) is 0.728. The van der Waals surface area contributed by atoms with E-state index >= 15 is 0 Å². The summed E-state index contributed by atoms with van der Waals surface area (Å²) in [6, 6.07) is 0.344. The number of aliphatic hydroxyl groups is 1. The van der Waals surface area contributed by atoms with Gasteiger partial charge >= 0.3 is 0 Å². The molecule has 3 heterocycles. The Labute approximate surface area is 161 Å². The van der Waals surface area contributed by atoms with Crippen LogP contribution < -0.4 is 5.32 Å². The van der Waals surface area contributed by atoms with Crippen molar-refractivity contribution in [2.45, 2.75) is 63.3 Å². The van der Waals surface area contributed by atoms with Gasteiger partial charge in [-0.1, -0.05) is 19.3 Å². The maximum absolute atomic E-state index is 9.57. The van der Waals surface area contributed by atoms with Crippen LogP contribution >= 0.6 is 0 Å². The highest BCUT2D eigenvalue weighted by Gasteiger charge is 2.23. The van der Waals surface area contributed by atoms with Gasteiger partial charge in [-0.25, -0.2) is 9.97 Å². The largest absolute Gasteiger partial charge is 0.395 e. The van der Waals surface area contributed by atoms with Gasteiger partial charge in [0, 0.05) is 32.1 Å². The van der Waals surface area contributed by atoms with Crippen LogP contribution in [0.1, 0.15) is 63.1 Å². The molecule has 0 spiro atoms. The Balaban J connectivity index is 1.42. The first kappa shape index (κ1) is 18.6. The molecule has 4 rings (SSSR count). The average Bonchev–Trinajstić information content (AvgIpc) is 3.36. The van der Waals surface area contributed by atoms with Crippen molar-refractivity contribution in [2.75, 3.05) is 31.6 Å². The Morgan fingerprint density at radius 2 is 1.96 bits per heavy atom. The van der Waals surface area contributed by atoms with Crippen LogP contribution in [0, 0.1) is 0 Å². The lowest BCUT2D eigenvalue weighted by Crippen LogP contribution is -2.42. The highest BCUT2D eigenvalue weighted by Crippen LogP contribution is 2.34. The molecular formula is C20H32N6O. The van der Waals surface area contributed by atoms with Gasteiger partial charge in [0.15, 0.2) is 5.65 Å². The zero-order valence-corrected chi connectivity index (χ0v) is 16.4. The van der Waals surface area contributed by atoms with Gasteiger partial charge in [0.2, 0.25) is 0 Å². The number of hydrogen-bond donors (Lipinski definition) is 2. The molecule has 148 valence electrons.